The second-order valence-electron chi connectivity index (χ2n) is 3.76. The fraction of sp³-hybridized carbons (Fsp3) is 0.364. The van der Waals surface area contributed by atoms with Crippen LogP contribution in [0.3, 0.4) is 0 Å². The Morgan fingerprint density at radius 2 is 1.94 bits per heavy atom. The summed E-state index contributed by atoms with van der Waals surface area (Å²) in [4.78, 5) is 0. The van der Waals surface area contributed by atoms with Crippen molar-refractivity contribution >= 4 is 39.1 Å². The molecule has 2 rings (SSSR count). The van der Waals surface area contributed by atoms with E-state index < -0.39 is 11.9 Å². The zero-order valence-corrected chi connectivity index (χ0v) is 11.8. The van der Waals surface area contributed by atoms with E-state index in [1.165, 1.54) is 16.8 Å². The van der Waals surface area contributed by atoms with Gasteiger partial charge in [0.05, 0.1) is 5.69 Å². The van der Waals surface area contributed by atoms with Crippen LogP contribution in [0.2, 0.25) is 0 Å². The first kappa shape index (κ1) is 13.7. The van der Waals surface area contributed by atoms with Crippen LogP contribution in [0.15, 0.2) is 33.8 Å². The molecule has 0 aliphatic carbocycles. The van der Waals surface area contributed by atoms with Crippen molar-refractivity contribution in [3.8, 4) is 0 Å². The number of hydrogen-bond acceptors (Lipinski definition) is 3. The quantitative estimate of drug-likeness (QED) is 0.800. The first-order valence-electron chi connectivity index (χ1n) is 5.14. The van der Waals surface area contributed by atoms with Gasteiger partial charge in [0.25, 0.3) is 0 Å². The van der Waals surface area contributed by atoms with Crippen LogP contribution in [0.25, 0.3) is 0 Å². The van der Waals surface area contributed by atoms with Crippen LogP contribution in [0.4, 0.5) is 18.9 Å². The lowest BCUT2D eigenvalue weighted by molar-refractivity contribution is -0.0599. The number of benzene rings is 1. The molecule has 1 heterocycles. The van der Waals surface area contributed by atoms with Crippen LogP contribution < -0.4 is 5.01 Å². The SMILES string of the molecule is CSC1CC(C(F)(F)F)=NN1c1ccc(Br)cc1. The molecule has 1 aliphatic rings. The van der Waals surface area contributed by atoms with E-state index in [1.807, 2.05) is 0 Å². The summed E-state index contributed by atoms with van der Waals surface area (Å²) in [5.74, 6) is 0. The lowest BCUT2D eigenvalue weighted by Crippen LogP contribution is -2.24. The van der Waals surface area contributed by atoms with E-state index in [0.29, 0.717) is 5.69 Å². The molecule has 0 N–H and O–H groups in total. The molecule has 0 amide bonds. The van der Waals surface area contributed by atoms with Crippen LogP contribution >= 0.6 is 27.7 Å². The Morgan fingerprint density at radius 1 is 1.33 bits per heavy atom. The monoisotopic (exact) mass is 338 g/mol. The minimum Gasteiger partial charge on any atom is -0.252 e. The predicted molar refractivity (Wildman–Crippen MR) is 72.0 cm³/mol. The van der Waals surface area contributed by atoms with Crippen molar-refractivity contribution in [2.75, 3.05) is 11.3 Å². The van der Waals surface area contributed by atoms with E-state index in [1.54, 1.807) is 30.5 Å². The van der Waals surface area contributed by atoms with Gasteiger partial charge in [-0.05, 0) is 30.5 Å². The van der Waals surface area contributed by atoms with E-state index in [9.17, 15) is 13.2 Å². The summed E-state index contributed by atoms with van der Waals surface area (Å²) < 4.78 is 38.8. The lowest BCUT2D eigenvalue weighted by atomic mass is 10.2. The number of alkyl halides is 3. The summed E-state index contributed by atoms with van der Waals surface area (Å²) in [6, 6.07) is 7.06. The Labute approximate surface area is 115 Å². The number of halogens is 4. The highest BCUT2D eigenvalue weighted by Gasteiger charge is 2.42. The highest BCUT2D eigenvalue weighted by molar-refractivity contribution is 9.10. The number of rotatable bonds is 2. The highest BCUT2D eigenvalue weighted by atomic mass is 79.9. The Hall–Kier alpha value is -0.690. The third-order valence-corrected chi connectivity index (χ3v) is 4.00. The number of anilines is 1. The Morgan fingerprint density at radius 3 is 2.44 bits per heavy atom. The van der Waals surface area contributed by atoms with E-state index in [0.717, 1.165) is 4.47 Å². The maximum absolute atomic E-state index is 12.6. The van der Waals surface area contributed by atoms with Gasteiger partial charge in [-0.3, -0.25) is 5.01 Å². The number of thioether (sulfide) groups is 1. The molecule has 7 heteroatoms. The second kappa shape index (κ2) is 5.13. The fourth-order valence-corrected chi connectivity index (χ4v) is 2.62. The fourth-order valence-electron chi connectivity index (χ4n) is 1.66. The van der Waals surface area contributed by atoms with E-state index in [4.69, 9.17) is 0 Å². The van der Waals surface area contributed by atoms with E-state index in [-0.39, 0.29) is 11.8 Å². The molecule has 18 heavy (non-hydrogen) atoms. The van der Waals surface area contributed by atoms with Crippen molar-refractivity contribution in [3.05, 3.63) is 28.7 Å². The Balaban J connectivity index is 2.30. The zero-order chi connectivity index (χ0) is 13.3. The van der Waals surface area contributed by atoms with Crippen LogP contribution in [0.5, 0.6) is 0 Å². The molecule has 0 fully saturated rings. The van der Waals surface area contributed by atoms with Crippen molar-refractivity contribution in [3.63, 3.8) is 0 Å². The molecule has 1 aliphatic heterocycles. The molecule has 0 radical (unpaired) electrons. The maximum atomic E-state index is 12.6. The van der Waals surface area contributed by atoms with Gasteiger partial charge in [-0.1, -0.05) is 15.9 Å². The summed E-state index contributed by atoms with van der Waals surface area (Å²) >= 11 is 4.65. The van der Waals surface area contributed by atoms with Crippen molar-refractivity contribution in [2.45, 2.75) is 18.0 Å². The molecule has 1 aromatic rings. The number of hydrazone groups is 1. The van der Waals surface area contributed by atoms with Gasteiger partial charge in [0.15, 0.2) is 0 Å². The molecule has 0 aromatic heterocycles. The zero-order valence-electron chi connectivity index (χ0n) is 9.41. The van der Waals surface area contributed by atoms with E-state index in [2.05, 4.69) is 21.0 Å². The van der Waals surface area contributed by atoms with Gasteiger partial charge < -0.3 is 0 Å². The molecule has 98 valence electrons. The van der Waals surface area contributed by atoms with Gasteiger partial charge in [-0.15, -0.1) is 11.8 Å². The first-order valence-corrected chi connectivity index (χ1v) is 7.22. The van der Waals surface area contributed by atoms with Gasteiger partial charge in [0, 0.05) is 10.9 Å². The predicted octanol–water partition coefficient (Wildman–Crippen LogP) is 4.27. The molecule has 1 unspecified atom stereocenters. The smallest absolute Gasteiger partial charge is 0.252 e. The van der Waals surface area contributed by atoms with Gasteiger partial charge in [0.1, 0.15) is 11.1 Å². The number of nitrogens with zero attached hydrogens (tertiary/aromatic N) is 2. The minimum atomic E-state index is -4.35. The summed E-state index contributed by atoms with van der Waals surface area (Å²) in [5.41, 5.74) is -0.0541. The Kier molecular flexibility index (Phi) is 3.91. The average Bonchev–Trinajstić information content (AvgIpc) is 2.73. The largest absolute Gasteiger partial charge is 0.431 e. The second-order valence-corrected chi connectivity index (χ2v) is 5.69. The molecule has 0 saturated carbocycles. The van der Waals surface area contributed by atoms with Gasteiger partial charge >= 0.3 is 6.18 Å². The normalized spacial score (nSPS) is 20.2. The highest BCUT2D eigenvalue weighted by Crippen LogP contribution is 2.35. The van der Waals surface area contributed by atoms with Crippen molar-refractivity contribution in [2.24, 2.45) is 5.10 Å². The van der Waals surface area contributed by atoms with Crippen molar-refractivity contribution in [1.29, 1.82) is 0 Å². The number of hydrogen-bond donors (Lipinski definition) is 0. The van der Waals surface area contributed by atoms with Gasteiger partial charge in [0.2, 0.25) is 0 Å². The summed E-state index contributed by atoms with van der Waals surface area (Å²) in [6.45, 7) is 0. The standard InChI is InChI=1S/C11H10BrF3N2S/c1-18-10-6-9(11(13,14)15)16-17(10)8-4-2-7(12)3-5-8/h2-5,10H,6H2,1H3. The van der Waals surface area contributed by atoms with Gasteiger partial charge in [-0.2, -0.15) is 18.3 Å². The lowest BCUT2D eigenvalue weighted by Gasteiger charge is -2.21. The molecule has 0 bridgehead atoms. The molecule has 1 aromatic carbocycles. The van der Waals surface area contributed by atoms with Crippen LogP contribution in [0.1, 0.15) is 6.42 Å². The summed E-state index contributed by atoms with van der Waals surface area (Å²) in [6.07, 6.45) is -2.65. The van der Waals surface area contributed by atoms with Crippen molar-refractivity contribution in [1.82, 2.24) is 0 Å². The van der Waals surface area contributed by atoms with Crippen LogP contribution in [0, 0.1) is 0 Å². The molecule has 2 nitrogen and oxygen atoms in total. The minimum absolute atomic E-state index is 0.0826. The van der Waals surface area contributed by atoms with Crippen LogP contribution in [-0.4, -0.2) is 23.5 Å². The molecular formula is C11H10BrF3N2S. The first-order chi connectivity index (χ1) is 8.41. The maximum Gasteiger partial charge on any atom is 0.431 e. The topological polar surface area (TPSA) is 15.6 Å². The van der Waals surface area contributed by atoms with E-state index >= 15 is 0 Å². The Bertz CT molecular complexity index is 458. The molecule has 1 atom stereocenters. The summed E-state index contributed by atoms with van der Waals surface area (Å²) in [5, 5.41) is 4.83. The third-order valence-electron chi connectivity index (χ3n) is 2.56. The third kappa shape index (κ3) is 2.83. The molecule has 0 saturated heterocycles. The molecular weight excluding hydrogens is 329 g/mol. The van der Waals surface area contributed by atoms with Gasteiger partial charge in [-0.25, -0.2) is 0 Å². The average molecular weight is 339 g/mol. The van der Waals surface area contributed by atoms with Crippen LogP contribution in [-0.2, 0) is 0 Å². The summed E-state index contributed by atoms with van der Waals surface area (Å²) in [7, 11) is 0. The van der Waals surface area contributed by atoms with Crippen molar-refractivity contribution < 1.29 is 13.2 Å². The molecule has 0 spiro atoms.